The van der Waals surface area contributed by atoms with E-state index in [1.165, 1.54) is 10.4 Å². The van der Waals surface area contributed by atoms with Crippen LogP contribution < -0.4 is 5.32 Å². The SMILES string of the molecule is CCN(CC)S(=O)(=O)c1cc(C(=O)NCCCN2C[C@@H](C)O[C@@H](C)C2)ccc1C. The third kappa shape index (κ3) is 6.25. The Morgan fingerprint density at radius 3 is 2.41 bits per heavy atom. The van der Waals surface area contributed by atoms with Crippen molar-refractivity contribution in [3.63, 3.8) is 0 Å². The van der Waals surface area contributed by atoms with Crippen LogP contribution >= 0.6 is 0 Å². The van der Waals surface area contributed by atoms with Crippen LogP contribution in [0.4, 0.5) is 0 Å². The standard InChI is InChI=1S/C21H35N3O4S/c1-6-24(7-2)29(26,27)20-13-19(10-9-16(20)3)21(25)22-11-8-12-23-14-17(4)28-18(5)15-23/h9-10,13,17-18H,6-8,11-12,14-15H2,1-5H3,(H,22,25)/t17-,18+. The summed E-state index contributed by atoms with van der Waals surface area (Å²) in [6, 6.07) is 4.86. The Morgan fingerprint density at radius 2 is 1.83 bits per heavy atom. The van der Waals surface area contributed by atoms with Gasteiger partial charge in [0.05, 0.1) is 17.1 Å². The number of morpholine rings is 1. The van der Waals surface area contributed by atoms with Crippen molar-refractivity contribution in [3.05, 3.63) is 29.3 Å². The summed E-state index contributed by atoms with van der Waals surface area (Å²) in [5.74, 6) is -0.246. The monoisotopic (exact) mass is 425 g/mol. The van der Waals surface area contributed by atoms with E-state index in [-0.39, 0.29) is 23.0 Å². The molecule has 1 aromatic rings. The molecule has 1 aliphatic heterocycles. The number of aryl methyl sites for hydroxylation is 1. The minimum Gasteiger partial charge on any atom is -0.373 e. The first kappa shape index (κ1) is 23.8. The molecular weight excluding hydrogens is 390 g/mol. The summed E-state index contributed by atoms with van der Waals surface area (Å²) in [6.45, 7) is 13.6. The molecule has 2 atom stereocenters. The van der Waals surface area contributed by atoms with Crippen molar-refractivity contribution >= 4 is 15.9 Å². The fraction of sp³-hybridized carbons (Fsp3) is 0.667. The highest BCUT2D eigenvalue weighted by molar-refractivity contribution is 7.89. The summed E-state index contributed by atoms with van der Waals surface area (Å²) in [4.78, 5) is 15.1. The second-order valence-electron chi connectivity index (χ2n) is 7.70. The molecule has 1 fully saturated rings. The number of nitrogens with zero attached hydrogens (tertiary/aromatic N) is 2. The highest BCUT2D eigenvalue weighted by Crippen LogP contribution is 2.21. The van der Waals surface area contributed by atoms with Crippen LogP contribution in [0.2, 0.25) is 0 Å². The second kappa shape index (κ2) is 10.5. The van der Waals surface area contributed by atoms with E-state index in [0.717, 1.165) is 26.1 Å². The summed E-state index contributed by atoms with van der Waals surface area (Å²) >= 11 is 0. The molecule has 164 valence electrons. The average molecular weight is 426 g/mol. The van der Waals surface area contributed by atoms with Gasteiger partial charge in [-0.05, 0) is 44.9 Å². The van der Waals surface area contributed by atoms with Crippen LogP contribution in [0.3, 0.4) is 0 Å². The molecule has 2 rings (SSSR count). The van der Waals surface area contributed by atoms with Gasteiger partial charge in [0.2, 0.25) is 10.0 Å². The van der Waals surface area contributed by atoms with E-state index in [4.69, 9.17) is 4.74 Å². The molecule has 1 saturated heterocycles. The molecule has 0 saturated carbocycles. The van der Waals surface area contributed by atoms with Gasteiger partial charge in [-0.25, -0.2) is 8.42 Å². The van der Waals surface area contributed by atoms with Gasteiger partial charge in [-0.1, -0.05) is 19.9 Å². The number of carbonyl (C=O) groups excluding carboxylic acids is 1. The zero-order chi connectivity index (χ0) is 21.6. The van der Waals surface area contributed by atoms with Gasteiger partial charge in [-0.2, -0.15) is 4.31 Å². The van der Waals surface area contributed by atoms with Crippen LogP contribution in [-0.4, -0.2) is 75.0 Å². The van der Waals surface area contributed by atoms with Crippen LogP contribution in [0.5, 0.6) is 0 Å². The molecule has 1 N–H and O–H groups in total. The van der Waals surface area contributed by atoms with Crippen molar-refractivity contribution in [2.24, 2.45) is 0 Å². The summed E-state index contributed by atoms with van der Waals surface area (Å²) in [5.41, 5.74) is 1.01. The Kier molecular flexibility index (Phi) is 8.63. The lowest BCUT2D eigenvalue weighted by Crippen LogP contribution is -2.46. The Hall–Kier alpha value is -1.48. The number of carbonyl (C=O) groups is 1. The molecule has 7 nitrogen and oxygen atoms in total. The van der Waals surface area contributed by atoms with Crippen LogP contribution in [0.25, 0.3) is 0 Å². The van der Waals surface area contributed by atoms with E-state index in [1.807, 2.05) is 13.8 Å². The molecular formula is C21H35N3O4S. The van der Waals surface area contributed by atoms with Crippen molar-refractivity contribution in [2.75, 3.05) is 39.3 Å². The summed E-state index contributed by atoms with van der Waals surface area (Å²) in [5, 5.41) is 2.91. The van der Waals surface area contributed by atoms with Gasteiger partial charge < -0.3 is 10.1 Å². The number of rotatable bonds is 9. The zero-order valence-electron chi connectivity index (χ0n) is 18.3. The van der Waals surface area contributed by atoms with Gasteiger partial charge in [0.25, 0.3) is 5.91 Å². The third-order valence-electron chi connectivity index (χ3n) is 5.21. The van der Waals surface area contributed by atoms with Crippen LogP contribution in [0.15, 0.2) is 23.1 Å². The Labute approximate surface area is 175 Å². The van der Waals surface area contributed by atoms with E-state index < -0.39 is 10.0 Å². The second-order valence-corrected chi connectivity index (χ2v) is 9.60. The van der Waals surface area contributed by atoms with Crippen molar-refractivity contribution in [2.45, 2.75) is 58.1 Å². The van der Waals surface area contributed by atoms with Gasteiger partial charge >= 0.3 is 0 Å². The predicted molar refractivity (Wildman–Crippen MR) is 115 cm³/mol. The molecule has 8 heteroatoms. The maximum absolute atomic E-state index is 12.9. The smallest absolute Gasteiger partial charge is 0.251 e. The van der Waals surface area contributed by atoms with E-state index >= 15 is 0 Å². The van der Waals surface area contributed by atoms with Gasteiger partial charge in [0.1, 0.15) is 0 Å². The third-order valence-corrected chi connectivity index (χ3v) is 7.40. The van der Waals surface area contributed by atoms with Crippen LogP contribution in [-0.2, 0) is 14.8 Å². The fourth-order valence-corrected chi connectivity index (χ4v) is 5.50. The molecule has 0 radical (unpaired) electrons. The lowest BCUT2D eigenvalue weighted by molar-refractivity contribution is -0.0680. The highest BCUT2D eigenvalue weighted by atomic mass is 32.2. The molecule has 0 bridgehead atoms. The van der Waals surface area contributed by atoms with E-state index in [9.17, 15) is 13.2 Å². The fourth-order valence-electron chi connectivity index (χ4n) is 3.80. The predicted octanol–water partition coefficient (Wildman–Crippen LogP) is 2.25. The maximum Gasteiger partial charge on any atom is 0.251 e. The topological polar surface area (TPSA) is 79.0 Å². The van der Waals surface area contributed by atoms with Gasteiger partial charge in [0.15, 0.2) is 0 Å². The van der Waals surface area contributed by atoms with E-state index in [2.05, 4.69) is 24.1 Å². The normalized spacial score (nSPS) is 20.8. The first-order valence-electron chi connectivity index (χ1n) is 10.5. The zero-order valence-corrected chi connectivity index (χ0v) is 19.1. The van der Waals surface area contributed by atoms with Crippen molar-refractivity contribution in [1.29, 1.82) is 0 Å². The first-order valence-corrected chi connectivity index (χ1v) is 11.9. The molecule has 1 aromatic carbocycles. The van der Waals surface area contributed by atoms with Crippen LogP contribution in [0, 0.1) is 6.92 Å². The van der Waals surface area contributed by atoms with Crippen molar-refractivity contribution < 1.29 is 17.9 Å². The first-order chi connectivity index (χ1) is 13.7. The Balaban J connectivity index is 1.96. The summed E-state index contributed by atoms with van der Waals surface area (Å²) in [7, 11) is -3.60. The van der Waals surface area contributed by atoms with Crippen LogP contribution in [0.1, 0.15) is 50.0 Å². The number of ether oxygens (including phenoxy) is 1. The maximum atomic E-state index is 12.9. The number of benzene rings is 1. The Bertz CT molecular complexity index is 783. The van der Waals surface area contributed by atoms with Crippen molar-refractivity contribution in [3.8, 4) is 0 Å². The minimum absolute atomic E-state index is 0.199. The summed E-state index contributed by atoms with van der Waals surface area (Å²) < 4.78 is 32.9. The van der Waals surface area contributed by atoms with Gasteiger partial charge in [-0.3, -0.25) is 9.69 Å². The molecule has 0 unspecified atom stereocenters. The largest absolute Gasteiger partial charge is 0.373 e. The molecule has 1 heterocycles. The van der Waals surface area contributed by atoms with Crippen molar-refractivity contribution in [1.82, 2.24) is 14.5 Å². The molecule has 1 aliphatic rings. The number of hydrogen-bond acceptors (Lipinski definition) is 5. The molecule has 0 aliphatic carbocycles. The Morgan fingerprint density at radius 1 is 1.21 bits per heavy atom. The lowest BCUT2D eigenvalue weighted by Gasteiger charge is -2.35. The van der Waals surface area contributed by atoms with Gasteiger partial charge in [0, 0.05) is 44.8 Å². The number of hydrogen-bond donors (Lipinski definition) is 1. The number of nitrogens with one attached hydrogen (secondary N) is 1. The molecule has 1 amide bonds. The van der Waals surface area contributed by atoms with E-state index in [0.29, 0.717) is 30.8 Å². The van der Waals surface area contributed by atoms with Gasteiger partial charge in [-0.15, -0.1) is 0 Å². The molecule has 0 spiro atoms. The molecule has 0 aromatic heterocycles. The number of amides is 1. The quantitative estimate of drug-likeness (QED) is 0.614. The minimum atomic E-state index is -3.60. The lowest BCUT2D eigenvalue weighted by atomic mass is 10.1. The average Bonchev–Trinajstić information content (AvgIpc) is 2.65. The van der Waals surface area contributed by atoms with E-state index in [1.54, 1.807) is 19.1 Å². The highest BCUT2D eigenvalue weighted by Gasteiger charge is 2.25. The molecule has 29 heavy (non-hydrogen) atoms. The summed E-state index contributed by atoms with van der Waals surface area (Å²) in [6.07, 6.45) is 1.29. The number of sulfonamides is 1.